The Morgan fingerprint density at radius 1 is 1.50 bits per heavy atom. The molecule has 0 bridgehead atoms. The van der Waals surface area contributed by atoms with Crippen molar-refractivity contribution in [3.63, 3.8) is 0 Å². The van der Waals surface area contributed by atoms with Gasteiger partial charge >= 0.3 is 0 Å². The highest BCUT2D eigenvalue weighted by atomic mass is 14.8. The highest BCUT2D eigenvalue weighted by Gasteiger charge is 1.81. The average Bonchev–Trinajstić information content (AvgIpc) is 1.72. The van der Waals surface area contributed by atoms with Gasteiger partial charge in [0.1, 0.15) is 6.54 Å². The molecular weight excluding hydrogens is 76.1 g/mol. The summed E-state index contributed by atoms with van der Waals surface area (Å²) in [5.41, 5.74) is 0. The van der Waals surface area contributed by atoms with Crippen molar-refractivity contribution in [3.05, 3.63) is 6.54 Å². The molecule has 0 amide bonds. The van der Waals surface area contributed by atoms with Crippen LogP contribution in [-0.2, 0) is 0 Å². The molecule has 0 aromatic heterocycles. The third-order valence-corrected chi connectivity index (χ3v) is 0.500. The summed E-state index contributed by atoms with van der Waals surface area (Å²) in [6, 6.07) is 0. The Morgan fingerprint density at radius 3 is 2.67 bits per heavy atom. The number of aliphatic imine (C=N–C) groups is 2. The summed E-state index contributed by atoms with van der Waals surface area (Å²) in [5.74, 6) is 0. The van der Waals surface area contributed by atoms with E-state index in [4.69, 9.17) is 0 Å². The van der Waals surface area contributed by atoms with Gasteiger partial charge in [-0.25, -0.2) is 0 Å². The molecule has 1 aliphatic rings. The zero-order valence-electron chi connectivity index (χ0n) is 3.26. The van der Waals surface area contributed by atoms with E-state index >= 15 is 0 Å². The first-order chi connectivity index (χ1) is 3.00. The van der Waals surface area contributed by atoms with Gasteiger partial charge in [-0.3, -0.25) is 9.98 Å². The van der Waals surface area contributed by atoms with Gasteiger partial charge in [0.15, 0.2) is 0 Å². The van der Waals surface area contributed by atoms with Gasteiger partial charge in [0.25, 0.3) is 0 Å². The summed E-state index contributed by atoms with van der Waals surface area (Å²) in [7, 11) is 0. The van der Waals surface area contributed by atoms with Crippen LogP contribution in [0.4, 0.5) is 0 Å². The largest absolute Gasteiger partial charge is 0.289 e. The minimum atomic E-state index is 0.622. The lowest BCUT2D eigenvalue weighted by Gasteiger charge is -1.87. The van der Waals surface area contributed by atoms with Crippen LogP contribution in [0.5, 0.6) is 0 Å². The van der Waals surface area contributed by atoms with Gasteiger partial charge in [-0.1, -0.05) is 0 Å². The van der Waals surface area contributed by atoms with Crippen molar-refractivity contribution in [3.8, 4) is 0 Å². The molecule has 0 spiro atoms. The summed E-state index contributed by atoms with van der Waals surface area (Å²) in [6.45, 7) is 3.28. The Morgan fingerprint density at radius 2 is 2.50 bits per heavy atom. The van der Waals surface area contributed by atoms with Gasteiger partial charge in [-0.15, -0.1) is 0 Å². The number of nitrogens with zero attached hydrogens (tertiary/aromatic N) is 2. The lowest BCUT2D eigenvalue weighted by molar-refractivity contribution is 1.10. The topological polar surface area (TPSA) is 24.7 Å². The van der Waals surface area contributed by atoms with Crippen molar-refractivity contribution in [2.75, 3.05) is 6.54 Å². The molecule has 0 atom stereocenters. The minimum Gasteiger partial charge on any atom is -0.289 e. The van der Waals surface area contributed by atoms with Crippen molar-refractivity contribution < 1.29 is 0 Å². The second-order valence-corrected chi connectivity index (χ2v) is 0.926. The maximum atomic E-state index is 3.79. The molecule has 6 heavy (non-hydrogen) atoms. The molecular formula is C4H4N2. The molecule has 1 rings (SSSR count). The van der Waals surface area contributed by atoms with E-state index < -0.39 is 0 Å². The molecule has 2 nitrogen and oxygen atoms in total. The fourth-order valence-electron chi connectivity index (χ4n) is 0.268. The summed E-state index contributed by atoms with van der Waals surface area (Å²) in [6.07, 6.45) is 3.28. The van der Waals surface area contributed by atoms with Crippen LogP contribution in [0.25, 0.3) is 0 Å². The van der Waals surface area contributed by atoms with E-state index in [9.17, 15) is 0 Å². The van der Waals surface area contributed by atoms with E-state index in [1.807, 2.05) is 0 Å². The van der Waals surface area contributed by atoms with Gasteiger partial charge in [0.05, 0.1) is 6.54 Å². The maximum Gasteiger partial charge on any atom is 0.139 e. The Balaban J connectivity index is 2.46. The highest BCUT2D eigenvalue weighted by Crippen LogP contribution is 1.81. The van der Waals surface area contributed by atoms with Gasteiger partial charge in [-0.2, -0.15) is 0 Å². The predicted octanol–water partition coefficient (Wildman–Crippen LogP) is 0.180. The normalized spacial score (nSPS) is 18.7. The molecule has 0 fully saturated rings. The SMILES string of the molecule is [C]1CN=CC=N1. The van der Waals surface area contributed by atoms with Crippen molar-refractivity contribution in [1.82, 2.24) is 0 Å². The van der Waals surface area contributed by atoms with Gasteiger partial charge in [0.2, 0.25) is 0 Å². The maximum absolute atomic E-state index is 3.79. The smallest absolute Gasteiger partial charge is 0.139 e. The van der Waals surface area contributed by atoms with Crippen LogP contribution in [0.2, 0.25) is 0 Å². The zero-order valence-corrected chi connectivity index (χ0v) is 3.26. The standard InChI is InChI=1S/C4H4N2/c1-2-6-4-3-5-1/h1-2H,3H2. The zero-order chi connectivity index (χ0) is 4.24. The quantitative estimate of drug-likeness (QED) is 0.396. The first-order valence-electron chi connectivity index (χ1n) is 1.74. The van der Waals surface area contributed by atoms with Gasteiger partial charge in [-0.05, 0) is 0 Å². The van der Waals surface area contributed by atoms with E-state index in [0.29, 0.717) is 6.54 Å². The van der Waals surface area contributed by atoms with Gasteiger partial charge < -0.3 is 0 Å². The summed E-state index contributed by atoms with van der Waals surface area (Å²) >= 11 is 0. The molecule has 30 valence electrons. The number of rotatable bonds is 0. The monoisotopic (exact) mass is 80.0 g/mol. The molecule has 0 aromatic rings. The second kappa shape index (κ2) is 1.70. The molecule has 0 saturated heterocycles. The predicted molar refractivity (Wildman–Crippen MR) is 25.1 cm³/mol. The molecule has 2 heteroatoms. The Kier molecular flexibility index (Phi) is 0.998. The number of hydrogen-bond donors (Lipinski definition) is 0. The van der Waals surface area contributed by atoms with Gasteiger partial charge in [0, 0.05) is 12.4 Å². The molecule has 0 unspecified atom stereocenters. The van der Waals surface area contributed by atoms with Crippen molar-refractivity contribution in [1.29, 1.82) is 0 Å². The third-order valence-electron chi connectivity index (χ3n) is 0.500. The van der Waals surface area contributed by atoms with E-state index in [-0.39, 0.29) is 0 Å². The molecule has 0 aromatic carbocycles. The summed E-state index contributed by atoms with van der Waals surface area (Å²) in [5, 5.41) is 0. The first-order valence-corrected chi connectivity index (χ1v) is 1.74. The molecule has 2 radical (unpaired) electrons. The average molecular weight is 80.1 g/mol. The Hall–Kier alpha value is -0.660. The van der Waals surface area contributed by atoms with Crippen LogP contribution < -0.4 is 0 Å². The lowest BCUT2D eigenvalue weighted by Crippen LogP contribution is -1.88. The molecule has 0 N–H and O–H groups in total. The van der Waals surface area contributed by atoms with E-state index in [1.165, 1.54) is 0 Å². The highest BCUT2D eigenvalue weighted by molar-refractivity contribution is 6.16. The number of hydrogen-bond acceptors (Lipinski definition) is 2. The first kappa shape index (κ1) is 3.53. The third kappa shape index (κ3) is 0.641. The van der Waals surface area contributed by atoms with Crippen LogP contribution in [-0.4, -0.2) is 19.0 Å². The molecule has 0 saturated carbocycles. The van der Waals surface area contributed by atoms with Crippen LogP contribution >= 0.6 is 0 Å². The van der Waals surface area contributed by atoms with Crippen LogP contribution in [0.3, 0.4) is 0 Å². The van der Waals surface area contributed by atoms with Crippen LogP contribution in [0.1, 0.15) is 0 Å². The van der Waals surface area contributed by atoms with Crippen molar-refractivity contribution in [2.45, 2.75) is 0 Å². The Bertz CT molecular complexity index is 71.5. The fraction of sp³-hybridized carbons (Fsp3) is 0.250. The minimum absolute atomic E-state index is 0.622. The van der Waals surface area contributed by atoms with E-state index in [2.05, 4.69) is 16.5 Å². The summed E-state index contributed by atoms with van der Waals surface area (Å²) < 4.78 is 0. The summed E-state index contributed by atoms with van der Waals surface area (Å²) in [4.78, 5) is 7.44. The van der Waals surface area contributed by atoms with Crippen molar-refractivity contribution in [2.24, 2.45) is 9.98 Å². The molecule has 1 aliphatic heterocycles. The van der Waals surface area contributed by atoms with E-state index in [1.54, 1.807) is 12.4 Å². The second-order valence-electron chi connectivity index (χ2n) is 0.926. The molecule has 0 aliphatic carbocycles. The van der Waals surface area contributed by atoms with Crippen molar-refractivity contribution >= 4 is 12.4 Å². The molecule has 1 heterocycles. The van der Waals surface area contributed by atoms with Crippen LogP contribution in [0.15, 0.2) is 9.98 Å². The van der Waals surface area contributed by atoms with Crippen LogP contribution in [0, 0.1) is 6.54 Å². The Labute approximate surface area is 36.6 Å². The fourth-order valence-corrected chi connectivity index (χ4v) is 0.268. The lowest BCUT2D eigenvalue weighted by atomic mass is 10.6. The van der Waals surface area contributed by atoms with E-state index in [0.717, 1.165) is 0 Å².